The van der Waals surface area contributed by atoms with Crippen LogP contribution >= 0.6 is 39.1 Å². The van der Waals surface area contributed by atoms with Gasteiger partial charge in [-0.1, -0.05) is 0 Å². The van der Waals surface area contributed by atoms with E-state index in [2.05, 4.69) is 13.1 Å². The van der Waals surface area contributed by atoms with Crippen molar-refractivity contribution in [2.75, 3.05) is 26.5 Å². The molecule has 0 aliphatic carbocycles. The molecule has 3 saturated heterocycles. The van der Waals surface area contributed by atoms with Crippen LogP contribution in [-0.4, -0.2) is 124 Å². The van der Waals surface area contributed by atoms with Gasteiger partial charge in [-0.3, -0.25) is 22.6 Å². The molecular formula is C17H33BFO22P5. The lowest BCUT2D eigenvalue weighted by Crippen LogP contribution is -2.31. The lowest BCUT2D eigenvalue weighted by Gasteiger charge is -2.25. The molecule has 0 aromatic rings. The van der Waals surface area contributed by atoms with E-state index >= 15 is 0 Å². The van der Waals surface area contributed by atoms with Crippen LogP contribution in [-0.2, 0) is 68.3 Å². The van der Waals surface area contributed by atoms with Crippen LogP contribution in [0.5, 0.6) is 0 Å². The smallest absolute Gasteiger partial charge is 0.390 e. The second kappa shape index (κ2) is 16.2. The molecule has 0 aromatic carbocycles. The minimum absolute atomic E-state index is 0.0129. The SMILES string of the molecule is [B][C@H]1C[C@H](OP(=O)(O)OC[C@H]2O[C@@H](C)C[C@@H]2OP(=O)(O)OC[C@H]2O[C@@H](CF)C[C@@H]2O)[C@@H](COP(=O)(O)OP(=O)(O)OP(=O)(O)O)O1. The maximum Gasteiger partial charge on any atom is 0.490 e. The molecule has 4 unspecified atom stereocenters. The van der Waals surface area contributed by atoms with Crippen molar-refractivity contribution < 1.29 is 107 Å². The zero-order valence-electron chi connectivity index (χ0n) is 23.6. The van der Waals surface area contributed by atoms with Crippen LogP contribution in [0.25, 0.3) is 0 Å². The van der Waals surface area contributed by atoms with Gasteiger partial charge in [0.05, 0.1) is 44.2 Å². The van der Waals surface area contributed by atoms with Crippen LogP contribution in [0.4, 0.5) is 4.39 Å². The minimum Gasteiger partial charge on any atom is -0.390 e. The van der Waals surface area contributed by atoms with E-state index in [1.165, 1.54) is 0 Å². The standard InChI is InChI=1S/C17H33BFO22P5/c1-9-2-12(38-43(24,25)32-6-14-11(20)3-10(5-19)36-14)15(35-9)7-33-44(26,27)39-13-4-17(18)37-16(13)8-34-45(28,29)41-46(30,31)40-42(21,22)23/h9-17,20H,2-8H2,1H3,(H,24,25)(H,26,27)(H,28,29)(H,30,31)(H2,21,22,23)/t9-,10+,11-,12-,13-,14+,15+,16+,17+/m0/s1. The third-order valence-corrected chi connectivity index (χ3v) is 12.1. The Kier molecular flexibility index (Phi) is 14.4. The van der Waals surface area contributed by atoms with Crippen molar-refractivity contribution >= 4 is 47.0 Å². The van der Waals surface area contributed by atoms with E-state index < -0.39 is 120 Å². The lowest BCUT2D eigenvalue weighted by atomic mass is 9.96. The van der Waals surface area contributed by atoms with E-state index in [0.29, 0.717) is 0 Å². The van der Waals surface area contributed by atoms with E-state index in [9.17, 15) is 51.9 Å². The van der Waals surface area contributed by atoms with Gasteiger partial charge in [0.15, 0.2) is 0 Å². The zero-order chi connectivity index (χ0) is 34.7. The Morgan fingerprint density at radius 2 is 1.20 bits per heavy atom. The number of hydrogen-bond acceptors (Lipinski definition) is 16. The molecule has 13 atom stereocenters. The Balaban J connectivity index is 1.52. The highest BCUT2D eigenvalue weighted by molar-refractivity contribution is 7.66. The number of halogens is 1. The summed E-state index contributed by atoms with van der Waals surface area (Å²) in [6.07, 6.45) is -9.42. The largest absolute Gasteiger partial charge is 0.490 e. The Morgan fingerprint density at radius 3 is 1.72 bits per heavy atom. The molecule has 3 aliphatic heterocycles. The van der Waals surface area contributed by atoms with Gasteiger partial charge in [-0.25, -0.2) is 27.2 Å². The van der Waals surface area contributed by atoms with E-state index in [1.807, 2.05) is 0 Å². The van der Waals surface area contributed by atoms with Gasteiger partial charge in [0.2, 0.25) is 0 Å². The van der Waals surface area contributed by atoms with Gasteiger partial charge in [-0.15, -0.1) is 0 Å². The molecule has 268 valence electrons. The molecule has 3 aliphatic rings. The van der Waals surface area contributed by atoms with Gasteiger partial charge >= 0.3 is 39.1 Å². The first-order chi connectivity index (χ1) is 21.0. The molecular weight excluding hydrogens is 741 g/mol. The topological polar surface area (TPSA) is 319 Å². The number of aliphatic hydroxyl groups excluding tert-OH is 1. The fraction of sp³-hybridized carbons (Fsp3) is 1.00. The molecule has 0 saturated carbocycles. The van der Waals surface area contributed by atoms with Crippen molar-refractivity contribution in [2.24, 2.45) is 0 Å². The summed E-state index contributed by atoms with van der Waals surface area (Å²) < 4.78 is 120. The van der Waals surface area contributed by atoms with Crippen LogP contribution in [0.2, 0.25) is 0 Å². The van der Waals surface area contributed by atoms with Gasteiger partial charge < -0.3 is 48.7 Å². The first-order valence-electron chi connectivity index (χ1n) is 13.0. The molecule has 0 spiro atoms. The summed E-state index contributed by atoms with van der Waals surface area (Å²) >= 11 is 0. The monoisotopic (exact) mass is 774 g/mol. The Morgan fingerprint density at radius 1 is 0.696 bits per heavy atom. The van der Waals surface area contributed by atoms with Gasteiger partial charge in [0.25, 0.3) is 0 Å². The number of alkyl halides is 1. The molecule has 3 rings (SSSR count). The molecule has 0 aromatic heterocycles. The van der Waals surface area contributed by atoms with E-state index in [1.54, 1.807) is 6.92 Å². The van der Waals surface area contributed by atoms with E-state index in [0.717, 1.165) is 0 Å². The summed E-state index contributed by atoms with van der Waals surface area (Å²) in [6.45, 7) is -1.69. The third kappa shape index (κ3) is 13.6. The summed E-state index contributed by atoms with van der Waals surface area (Å²) in [5.74, 6) is 0. The van der Waals surface area contributed by atoms with Crippen LogP contribution in [0.1, 0.15) is 26.2 Å². The minimum atomic E-state index is -5.81. The van der Waals surface area contributed by atoms with Crippen molar-refractivity contribution in [3.8, 4) is 0 Å². The number of aliphatic hydroxyl groups is 1. The highest BCUT2D eigenvalue weighted by Crippen LogP contribution is 2.66. The number of ether oxygens (including phenoxy) is 3. The van der Waals surface area contributed by atoms with Crippen LogP contribution in [0.15, 0.2) is 0 Å². The summed E-state index contributed by atoms with van der Waals surface area (Å²) in [4.78, 5) is 56.5. The molecule has 0 amide bonds. The van der Waals surface area contributed by atoms with Gasteiger partial charge in [-0.2, -0.15) is 8.62 Å². The molecule has 3 heterocycles. The van der Waals surface area contributed by atoms with Crippen LogP contribution in [0, 0.1) is 0 Å². The van der Waals surface area contributed by atoms with Crippen molar-refractivity contribution in [1.82, 2.24) is 0 Å². The van der Waals surface area contributed by atoms with Gasteiger partial charge in [0, 0.05) is 18.8 Å². The third-order valence-electron chi connectivity index (χ3n) is 6.25. The second-order valence-corrected chi connectivity index (χ2v) is 17.4. The van der Waals surface area contributed by atoms with Crippen molar-refractivity contribution in [3.63, 3.8) is 0 Å². The highest BCUT2D eigenvalue weighted by Gasteiger charge is 2.46. The quantitative estimate of drug-likeness (QED) is 0.0726. The summed E-state index contributed by atoms with van der Waals surface area (Å²) in [5.41, 5.74) is 0. The Bertz CT molecular complexity index is 1270. The van der Waals surface area contributed by atoms with E-state index in [-0.39, 0.29) is 19.3 Å². The lowest BCUT2D eigenvalue weighted by molar-refractivity contribution is -0.0425. The molecule has 46 heavy (non-hydrogen) atoms. The number of rotatable bonds is 18. The maximum absolute atomic E-state index is 12.8. The Hall–Kier alpha value is 0.465. The van der Waals surface area contributed by atoms with E-state index in [4.69, 9.17) is 49.9 Å². The first-order valence-corrected chi connectivity index (χ1v) is 20.5. The average molecular weight is 774 g/mol. The molecule has 22 nitrogen and oxygen atoms in total. The van der Waals surface area contributed by atoms with Crippen LogP contribution < -0.4 is 0 Å². The van der Waals surface area contributed by atoms with Gasteiger partial charge in [0.1, 0.15) is 38.9 Å². The summed E-state index contributed by atoms with van der Waals surface area (Å²) in [5, 5.41) is 9.89. The maximum atomic E-state index is 12.8. The van der Waals surface area contributed by atoms with Crippen molar-refractivity contribution in [3.05, 3.63) is 0 Å². The number of phosphoric ester groups is 3. The van der Waals surface area contributed by atoms with Crippen LogP contribution in [0.3, 0.4) is 0 Å². The average Bonchev–Trinajstić information content (AvgIpc) is 3.52. The molecule has 29 heteroatoms. The van der Waals surface area contributed by atoms with Gasteiger partial charge in [-0.05, 0) is 13.3 Å². The Labute approximate surface area is 261 Å². The molecule has 3 fully saturated rings. The predicted molar refractivity (Wildman–Crippen MR) is 144 cm³/mol. The number of hydrogen-bond donors (Lipinski definition) is 7. The normalized spacial score (nSPS) is 37.4. The molecule has 7 N–H and O–H groups in total. The van der Waals surface area contributed by atoms with Crippen molar-refractivity contribution in [2.45, 2.75) is 81.0 Å². The first kappa shape index (κ1) is 40.9. The number of phosphoric acid groups is 5. The predicted octanol–water partition coefficient (Wildman–Crippen LogP) is 0.283. The second-order valence-electron chi connectivity index (χ2n) is 10.1. The summed E-state index contributed by atoms with van der Waals surface area (Å²) in [7, 11) is -21.2. The zero-order valence-corrected chi connectivity index (χ0v) is 28.1. The fourth-order valence-electron chi connectivity index (χ4n) is 4.46. The molecule has 2 radical (unpaired) electrons. The molecule has 0 bridgehead atoms. The fourth-order valence-corrected chi connectivity index (χ4v) is 9.41. The highest BCUT2D eigenvalue weighted by atomic mass is 31.3. The summed E-state index contributed by atoms with van der Waals surface area (Å²) in [6, 6.07) is -1.17. The van der Waals surface area contributed by atoms with Crippen molar-refractivity contribution in [1.29, 1.82) is 0 Å².